The van der Waals surface area contributed by atoms with Crippen LogP contribution < -0.4 is 0 Å². The lowest BCUT2D eigenvalue weighted by atomic mass is 9.88. The SMILES string of the molecule is Cc1cc(C2CCCN(C(=O)c3ccc(C(F)(F)F)cc3)C2)ccc1C(=O)O. The molecule has 0 bridgehead atoms. The number of aryl methyl sites for hydroxylation is 1. The van der Waals surface area contributed by atoms with Crippen LogP contribution in [0.1, 0.15) is 56.2 Å². The van der Waals surface area contributed by atoms with Crippen LogP contribution in [0.5, 0.6) is 0 Å². The summed E-state index contributed by atoms with van der Waals surface area (Å²) < 4.78 is 38.1. The fraction of sp³-hybridized carbons (Fsp3) is 0.333. The highest BCUT2D eigenvalue weighted by Crippen LogP contribution is 2.31. The Morgan fingerprint density at radius 3 is 2.36 bits per heavy atom. The second-order valence-electron chi connectivity index (χ2n) is 7.04. The van der Waals surface area contributed by atoms with E-state index in [0.717, 1.165) is 30.5 Å². The van der Waals surface area contributed by atoms with Crippen molar-refractivity contribution >= 4 is 11.9 Å². The molecule has 1 fully saturated rings. The van der Waals surface area contributed by atoms with Gasteiger partial charge in [-0.05, 0) is 61.2 Å². The molecule has 2 aromatic carbocycles. The Bertz CT molecular complexity index is 891. The Morgan fingerprint density at radius 2 is 1.79 bits per heavy atom. The maximum atomic E-state index is 12.7. The molecule has 1 aliphatic heterocycles. The summed E-state index contributed by atoms with van der Waals surface area (Å²) in [7, 11) is 0. The third-order valence-electron chi connectivity index (χ3n) is 5.12. The molecule has 0 saturated carbocycles. The van der Waals surface area contributed by atoms with Crippen LogP contribution in [-0.2, 0) is 6.18 Å². The molecular weight excluding hydrogens is 371 g/mol. The van der Waals surface area contributed by atoms with Crippen molar-refractivity contribution in [2.24, 2.45) is 0 Å². The molecule has 7 heteroatoms. The summed E-state index contributed by atoms with van der Waals surface area (Å²) in [6, 6.07) is 9.43. The molecule has 2 aromatic rings. The van der Waals surface area contributed by atoms with Crippen LogP contribution >= 0.6 is 0 Å². The Kier molecular flexibility index (Phi) is 5.45. The van der Waals surface area contributed by atoms with Gasteiger partial charge < -0.3 is 10.0 Å². The average molecular weight is 391 g/mol. The van der Waals surface area contributed by atoms with Crippen LogP contribution in [-0.4, -0.2) is 35.0 Å². The first-order valence-corrected chi connectivity index (χ1v) is 8.97. The van der Waals surface area contributed by atoms with E-state index in [1.807, 2.05) is 6.07 Å². The van der Waals surface area contributed by atoms with Crippen molar-refractivity contribution in [1.29, 1.82) is 0 Å². The van der Waals surface area contributed by atoms with E-state index in [-0.39, 0.29) is 23.0 Å². The third kappa shape index (κ3) is 4.18. The summed E-state index contributed by atoms with van der Waals surface area (Å²) in [5.41, 5.74) is 1.32. The molecule has 1 atom stereocenters. The van der Waals surface area contributed by atoms with Crippen LogP contribution in [0.3, 0.4) is 0 Å². The molecule has 28 heavy (non-hydrogen) atoms. The van der Waals surface area contributed by atoms with Gasteiger partial charge in [0.1, 0.15) is 0 Å². The van der Waals surface area contributed by atoms with Crippen molar-refractivity contribution in [3.8, 4) is 0 Å². The van der Waals surface area contributed by atoms with Gasteiger partial charge in [-0.25, -0.2) is 4.79 Å². The number of alkyl halides is 3. The molecule has 3 rings (SSSR count). The first kappa shape index (κ1) is 19.9. The van der Waals surface area contributed by atoms with Gasteiger partial charge in [0.15, 0.2) is 0 Å². The average Bonchev–Trinajstić information content (AvgIpc) is 2.66. The normalized spacial score (nSPS) is 17.4. The number of carbonyl (C=O) groups excluding carboxylic acids is 1. The zero-order valence-corrected chi connectivity index (χ0v) is 15.3. The molecule has 0 aromatic heterocycles. The van der Waals surface area contributed by atoms with Crippen LogP contribution in [0.15, 0.2) is 42.5 Å². The van der Waals surface area contributed by atoms with Gasteiger partial charge in [-0.3, -0.25) is 4.79 Å². The molecule has 148 valence electrons. The van der Waals surface area contributed by atoms with Crippen LogP contribution in [0.2, 0.25) is 0 Å². The number of piperidine rings is 1. The summed E-state index contributed by atoms with van der Waals surface area (Å²) >= 11 is 0. The van der Waals surface area contributed by atoms with Gasteiger partial charge in [-0.15, -0.1) is 0 Å². The highest BCUT2D eigenvalue weighted by atomic mass is 19.4. The minimum Gasteiger partial charge on any atom is -0.478 e. The number of rotatable bonds is 3. The topological polar surface area (TPSA) is 57.6 Å². The number of carbonyl (C=O) groups is 2. The molecule has 4 nitrogen and oxygen atoms in total. The number of hydrogen-bond donors (Lipinski definition) is 1. The molecule has 1 amide bonds. The van der Waals surface area contributed by atoms with E-state index in [2.05, 4.69) is 0 Å². The molecule has 1 unspecified atom stereocenters. The Labute approximate surface area is 160 Å². The lowest BCUT2D eigenvalue weighted by Gasteiger charge is -2.33. The summed E-state index contributed by atoms with van der Waals surface area (Å²) in [4.78, 5) is 25.5. The minimum atomic E-state index is -4.43. The lowest BCUT2D eigenvalue weighted by Crippen LogP contribution is -2.39. The van der Waals surface area contributed by atoms with E-state index in [1.54, 1.807) is 24.0 Å². The quantitative estimate of drug-likeness (QED) is 0.823. The zero-order chi connectivity index (χ0) is 20.5. The maximum Gasteiger partial charge on any atom is 0.416 e. The molecular formula is C21H20F3NO3. The summed E-state index contributed by atoms with van der Waals surface area (Å²) in [5, 5.41) is 9.15. The first-order chi connectivity index (χ1) is 13.2. The monoisotopic (exact) mass is 391 g/mol. The number of carboxylic acid groups (broad SMARTS) is 1. The van der Waals surface area contributed by atoms with Crippen molar-refractivity contribution in [2.75, 3.05) is 13.1 Å². The molecule has 1 aliphatic rings. The fourth-order valence-corrected chi connectivity index (χ4v) is 3.60. The van der Waals surface area contributed by atoms with E-state index in [9.17, 15) is 22.8 Å². The highest BCUT2D eigenvalue weighted by molar-refractivity contribution is 5.94. The fourth-order valence-electron chi connectivity index (χ4n) is 3.60. The van der Waals surface area contributed by atoms with E-state index >= 15 is 0 Å². The largest absolute Gasteiger partial charge is 0.478 e. The molecule has 0 spiro atoms. The van der Waals surface area contributed by atoms with Crippen molar-refractivity contribution in [3.05, 3.63) is 70.3 Å². The third-order valence-corrected chi connectivity index (χ3v) is 5.12. The van der Waals surface area contributed by atoms with Crippen LogP contribution in [0.25, 0.3) is 0 Å². The second kappa shape index (κ2) is 7.66. The number of benzene rings is 2. The standard InChI is InChI=1S/C21H20F3NO3/c1-13-11-15(6-9-18(13)20(27)28)16-3-2-10-25(12-16)19(26)14-4-7-17(8-5-14)21(22,23)24/h4-9,11,16H,2-3,10,12H2,1H3,(H,27,28). The number of likely N-dealkylation sites (tertiary alicyclic amines) is 1. The van der Waals surface area contributed by atoms with Gasteiger partial charge in [0, 0.05) is 24.6 Å². The summed E-state index contributed by atoms with van der Waals surface area (Å²) in [6.07, 6.45) is -2.79. The van der Waals surface area contributed by atoms with Crippen molar-refractivity contribution in [1.82, 2.24) is 4.90 Å². The predicted molar refractivity (Wildman–Crippen MR) is 97.5 cm³/mol. The minimum absolute atomic E-state index is 0.0636. The maximum absolute atomic E-state index is 12.7. The van der Waals surface area contributed by atoms with Gasteiger partial charge >= 0.3 is 12.1 Å². The second-order valence-corrected chi connectivity index (χ2v) is 7.04. The molecule has 1 saturated heterocycles. The van der Waals surface area contributed by atoms with Gasteiger partial charge in [0.2, 0.25) is 0 Å². The van der Waals surface area contributed by atoms with Crippen LogP contribution in [0.4, 0.5) is 13.2 Å². The molecule has 1 N–H and O–H groups in total. The Hall–Kier alpha value is -2.83. The molecule has 0 aliphatic carbocycles. The lowest BCUT2D eigenvalue weighted by molar-refractivity contribution is -0.137. The van der Waals surface area contributed by atoms with E-state index in [1.165, 1.54) is 12.1 Å². The number of carboxylic acids is 1. The van der Waals surface area contributed by atoms with Crippen molar-refractivity contribution in [2.45, 2.75) is 31.9 Å². The molecule has 0 radical (unpaired) electrons. The number of nitrogens with zero attached hydrogens (tertiary/aromatic N) is 1. The van der Waals surface area contributed by atoms with Crippen molar-refractivity contribution < 1.29 is 27.9 Å². The smallest absolute Gasteiger partial charge is 0.416 e. The van der Waals surface area contributed by atoms with Gasteiger partial charge in [0.25, 0.3) is 5.91 Å². The number of aromatic carboxylic acids is 1. The van der Waals surface area contributed by atoms with Crippen LogP contribution in [0, 0.1) is 6.92 Å². The predicted octanol–water partition coefficient (Wildman–Crippen LogP) is 4.73. The van der Waals surface area contributed by atoms with Gasteiger partial charge in [-0.2, -0.15) is 13.2 Å². The van der Waals surface area contributed by atoms with Crippen molar-refractivity contribution in [3.63, 3.8) is 0 Å². The van der Waals surface area contributed by atoms with E-state index in [0.29, 0.717) is 18.7 Å². The van der Waals surface area contributed by atoms with E-state index in [4.69, 9.17) is 5.11 Å². The number of hydrogen-bond acceptors (Lipinski definition) is 2. The Morgan fingerprint density at radius 1 is 1.11 bits per heavy atom. The number of amides is 1. The zero-order valence-electron chi connectivity index (χ0n) is 15.3. The molecule has 1 heterocycles. The Balaban J connectivity index is 1.75. The highest BCUT2D eigenvalue weighted by Gasteiger charge is 2.31. The van der Waals surface area contributed by atoms with E-state index < -0.39 is 17.7 Å². The first-order valence-electron chi connectivity index (χ1n) is 8.97. The van der Waals surface area contributed by atoms with Gasteiger partial charge in [0.05, 0.1) is 11.1 Å². The summed E-state index contributed by atoms with van der Waals surface area (Å²) in [5.74, 6) is -1.21. The van der Waals surface area contributed by atoms with Gasteiger partial charge in [-0.1, -0.05) is 12.1 Å². The number of halogens is 3. The summed E-state index contributed by atoms with van der Waals surface area (Å²) in [6.45, 7) is 2.73.